The van der Waals surface area contributed by atoms with Gasteiger partial charge in [0.2, 0.25) is 5.91 Å². The van der Waals surface area contributed by atoms with Crippen molar-refractivity contribution in [2.45, 2.75) is 45.6 Å². The Hall–Kier alpha value is -4.20. The van der Waals surface area contributed by atoms with E-state index in [4.69, 9.17) is 4.74 Å². The normalized spacial score (nSPS) is 11.9. The Morgan fingerprint density at radius 2 is 1.84 bits per heavy atom. The number of rotatable bonds is 10. The molecule has 1 unspecified atom stereocenters. The third-order valence-electron chi connectivity index (χ3n) is 6.88. The van der Waals surface area contributed by atoms with Gasteiger partial charge < -0.3 is 15.2 Å². The molecule has 4 aromatic rings. The molecule has 4 rings (SSSR count). The molecule has 0 saturated heterocycles. The van der Waals surface area contributed by atoms with Gasteiger partial charge in [0, 0.05) is 25.9 Å². The van der Waals surface area contributed by atoms with Crippen LogP contribution in [-0.4, -0.2) is 39.1 Å². The molecule has 37 heavy (non-hydrogen) atoms. The number of methoxy groups -OCH3 is 1. The zero-order valence-electron chi connectivity index (χ0n) is 21.6. The molecule has 0 aliphatic heterocycles. The number of ether oxygens (including phenoxy) is 1. The summed E-state index contributed by atoms with van der Waals surface area (Å²) in [5, 5.41) is 21.1. The van der Waals surface area contributed by atoms with Gasteiger partial charge in [-0.2, -0.15) is 0 Å². The lowest BCUT2D eigenvalue weighted by Crippen LogP contribution is -2.23. The highest BCUT2D eigenvalue weighted by molar-refractivity contribution is 5.80. The number of amides is 1. The first-order valence-corrected chi connectivity index (χ1v) is 12.3. The van der Waals surface area contributed by atoms with E-state index < -0.39 is 5.97 Å². The summed E-state index contributed by atoms with van der Waals surface area (Å²) in [4.78, 5) is 24.4. The molecule has 1 aromatic heterocycles. The first-order valence-electron chi connectivity index (χ1n) is 12.3. The first-order chi connectivity index (χ1) is 17.8. The molecular weight excluding hydrogens is 468 g/mol. The Morgan fingerprint density at radius 3 is 2.54 bits per heavy atom. The predicted octanol–water partition coefficient (Wildman–Crippen LogP) is 4.45. The second kappa shape index (κ2) is 11.2. The number of aryl methyl sites for hydroxylation is 4. The maximum absolute atomic E-state index is 12.6. The number of benzene rings is 3. The quantitative estimate of drug-likeness (QED) is 0.333. The largest absolute Gasteiger partial charge is 0.497 e. The van der Waals surface area contributed by atoms with Crippen molar-refractivity contribution in [2.24, 2.45) is 7.05 Å². The summed E-state index contributed by atoms with van der Waals surface area (Å²) < 4.78 is 6.88. The van der Waals surface area contributed by atoms with Crippen molar-refractivity contribution in [2.75, 3.05) is 7.11 Å². The van der Waals surface area contributed by atoms with Crippen LogP contribution in [0.25, 0.3) is 11.0 Å². The molecule has 1 amide bonds. The third-order valence-corrected chi connectivity index (χ3v) is 6.88. The molecule has 8 nitrogen and oxygen atoms in total. The van der Waals surface area contributed by atoms with E-state index in [1.165, 1.54) is 0 Å². The van der Waals surface area contributed by atoms with Crippen LogP contribution in [0.5, 0.6) is 5.75 Å². The highest BCUT2D eigenvalue weighted by Gasteiger charge is 2.22. The minimum atomic E-state index is -0.877. The number of hydrogen-bond acceptors (Lipinski definition) is 5. The lowest BCUT2D eigenvalue weighted by Gasteiger charge is -2.20. The Bertz CT molecular complexity index is 1430. The molecule has 0 saturated carbocycles. The Balaban J connectivity index is 1.51. The van der Waals surface area contributed by atoms with E-state index >= 15 is 0 Å². The van der Waals surface area contributed by atoms with Crippen LogP contribution in [0.15, 0.2) is 54.6 Å². The molecule has 0 aliphatic carbocycles. The topological polar surface area (TPSA) is 106 Å². The van der Waals surface area contributed by atoms with Crippen LogP contribution in [0.3, 0.4) is 0 Å². The van der Waals surface area contributed by atoms with E-state index in [9.17, 15) is 14.7 Å². The van der Waals surface area contributed by atoms with Crippen LogP contribution in [0.4, 0.5) is 0 Å². The van der Waals surface area contributed by atoms with Crippen molar-refractivity contribution >= 4 is 22.9 Å². The number of nitrogens with zero attached hydrogens (tertiary/aromatic N) is 3. The van der Waals surface area contributed by atoms with Gasteiger partial charge in [-0.3, -0.25) is 9.59 Å². The van der Waals surface area contributed by atoms with Crippen molar-refractivity contribution in [3.63, 3.8) is 0 Å². The molecule has 0 bridgehead atoms. The third kappa shape index (κ3) is 5.97. The van der Waals surface area contributed by atoms with Crippen molar-refractivity contribution < 1.29 is 19.4 Å². The van der Waals surface area contributed by atoms with E-state index in [-0.39, 0.29) is 18.2 Å². The van der Waals surface area contributed by atoms with Crippen LogP contribution in [-0.2, 0) is 29.6 Å². The predicted molar refractivity (Wildman–Crippen MR) is 142 cm³/mol. The minimum Gasteiger partial charge on any atom is -0.497 e. The van der Waals surface area contributed by atoms with Crippen LogP contribution in [0.2, 0.25) is 0 Å². The summed E-state index contributed by atoms with van der Waals surface area (Å²) in [5.41, 5.74) is 7.46. The molecule has 1 atom stereocenters. The Morgan fingerprint density at radius 1 is 1.08 bits per heavy atom. The van der Waals surface area contributed by atoms with E-state index in [1.807, 2.05) is 75.5 Å². The number of aliphatic carboxylic acids is 1. The fourth-order valence-electron chi connectivity index (χ4n) is 4.64. The second-order valence-corrected chi connectivity index (χ2v) is 9.32. The van der Waals surface area contributed by atoms with Gasteiger partial charge >= 0.3 is 5.97 Å². The van der Waals surface area contributed by atoms with E-state index in [0.717, 1.165) is 50.2 Å². The monoisotopic (exact) mass is 500 g/mol. The van der Waals surface area contributed by atoms with Gasteiger partial charge in [-0.05, 0) is 71.8 Å². The average molecular weight is 501 g/mol. The van der Waals surface area contributed by atoms with Gasteiger partial charge in [0.25, 0.3) is 0 Å². The van der Waals surface area contributed by atoms with Crippen molar-refractivity contribution in [3.8, 4) is 5.75 Å². The average Bonchev–Trinajstić information content (AvgIpc) is 3.27. The van der Waals surface area contributed by atoms with Gasteiger partial charge in [-0.25, -0.2) is 4.68 Å². The summed E-state index contributed by atoms with van der Waals surface area (Å²) in [5.74, 6) is -0.477. The smallest absolute Gasteiger partial charge is 0.304 e. The van der Waals surface area contributed by atoms with E-state index in [1.54, 1.807) is 11.8 Å². The van der Waals surface area contributed by atoms with Crippen LogP contribution >= 0.6 is 0 Å². The van der Waals surface area contributed by atoms with Gasteiger partial charge in [-0.15, -0.1) is 5.10 Å². The molecule has 0 radical (unpaired) electrons. The highest BCUT2D eigenvalue weighted by Crippen LogP contribution is 2.34. The molecule has 3 aromatic carbocycles. The van der Waals surface area contributed by atoms with Gasteiger partial charge in [0.05, 0.1) is 19.0 Å². The zero-order valence-corrected chi connectivity index (χ0v) is 21.6. The fraction of sp³-hybridized carbons (Fsp3) is 0.310. The van der Waals surface area contributed by atoms with E-state index in [2.05, 4.69) is 15.6 Å². The molecule has 0 fully saturated rings. The minimum absolute atomic E-state index is 0.0355. The first kappa shape index (κ1) is 25.9. The fourth-order valence-corrected chi connectivity index (χ4v) is 4.64. The molecular formula is C29H32N4O4. The maximum atomic E-state index is 12.6. The lowest BCUT2D eigenvalue weighted by molar-refractivity contribution is -0.137. The number of carbonyl (C=O) groups excluding carboxylic acids is 1. The molecule has 192 valence electrons. The molecule has 0 aliphatic rings. The number of carboxylic acids is 1. The SMILES string of the molecule is COc1ccc(CCC(=O)NCc2cc(C(CC(=O)O)c3ccc4c(nnn4C)c3C)ccc2C)cc1. The van der Waals surface area contributed by atoms with Gasteiger partial charge in [-0.1, -0.05) is 41.6 Å². The van der Waals surface area contributed by atoms with Crippen LogP contribution in [0, 0.1) is 13.8 Å². The van der Waals surface area contributed by atoms with E-state index in [0.29, 0.717) is 19.4 Å². The van der Waals surface area contributed by atoms with Crippen molar-refractivity contribution in [1.82, 2.24) is 20.3 Å². The van der Waals surface area contributed by atoms with Gasteiger partial charge in [0.1, 0.15) is 11.3 Å². The number of carbonyl (C=O) groups is 2. The summed E-state index contributed by atoms with van der Waals surface area (Å²) in [7, 11) is 3.46. The molecule has 8 heteroatoms. The second-order valence-electron chi connectivity index (χ2n) is 9.32. The number of aromatic nitrogens is 3. The van der Waals surface area contributed by atoms with Crippen molar-refractivity contribution in [3.05, 3.63) is 88.0 Å². The molecule has 0 spiro atoms. The lowest BCUT2D eigenvalue weighted by atomic mass is 9.84. The number of nitrogens with one attached hydrogen (secondary N) is 1. The number of carboxylic acid groups (broad SMARTS) is 1. The molecule has 1 heterocycles. The van der Waals surface area contributed by atoms with Gasteiger partial charge in [0.15, 0.2) is 0 Å². The Labute approximate surface area is 216 Å². The van der Waals surface area contributed by atoms with Crippen LogP contribution in [0.1, 0.15) is 52.1 Å². The zero-order chi connectivity index (χ0) is 26.5. The maximum Gasteiger partial charge on any atom is 0.304 e. The highest BCUT2D eigenvalue weighted by atomic mass is 16.5. The summed E-state index contributed by atoms with van der Waals surface area (Å²) >= 11 is 0. The standard InChI is InChI=1S/C29H32N4O4/c1-18-5-9-21(15-22(18)17-30-27(34)14-8-20-6-10-23(37-4)11-7-20)25(16-28(35)36)24-12-13-26-29(19(24)2)31-32-33(26)3/h5-7,9-13,15,25H,8,14,16-17H2,1-4H3,(H,30,34)(H,35,36). The summed E-state index contributed by atoms with van der Waals surface area (Å²) in [6, 6.07) is 17.6. The van der Waals surface area contributed by atoms with Crippen LogP contribution < -0.4 is 10.1 Å². The number of hydrogen-bond donors (Lipinski definition) is 2. The number of fused-ring (bicyclic) bond motifs is 1. The molecule has 2 N–H and O–H groups in total. The summed E-state index contributed by atoms with van der Waals surface area (Å²) in [6.07, 6.45) is 0.965. The Kier molecular flexibility index (Phi) is 7.86. The van der Waals surface area contributed by atoms with Crippen molar-refractivity contribution in [1.29, 1.82) is 0 Å². The summed E-state index contributed by atoms with van der Waals surface area (Å²) in [6.45, 7) is 4.33.